The maximum Gasteiger partial charge on any atom is 0.0992 e. The first kappa shape index (κ1) is 13.6. The summed E-state index contributed by atoms with van der Waals surface area (Å²) < 4.78 is 11.8. The standard InChI is InChI=1S/C15H23NO2S/c1-3-17-14-7-6-13-15(14)18-9-8-16(13)10-12-5-4-11(2)19-12/h4-5,13-15H,3,6-10H2,1-2H3/t13-,14+,15+/m0/s1. The Morgan fingerprint density at radius 2 is 2.32 bits per heavy atom. The van der Waals surface area contributed by atoms with Gasteiger partial charge < -0.3 is 9.47 Å². The van der Waals surface area contributed by atoms with Crippen molar-refractivity contribution in [1.82, 2.24) is 4.90 Å². The molecule has 0 aromatic carbocycles. The first-order chi connectivity index (χ1) is 9.28. The van der Waals surface area contributed by atoms with E-state index in [0.717, 1.165) is 32.7 Å². The first-order valence-corrected chi connectivity index (χ1v) is 8.12. The maximum atomic E-state index is 5.98. The number of rotatable bonds is 4. The van der Waals surface area contributed by atoms with Crippen LogP contribution in [0.3, 0.4) is 0 Å². The first-order valence-electron chi connectivity index (χ1n) is 7.30. The minimum Gasteiger partial charge on any atom is -0.376 e. The van der Waals surface area contributed by atoms with Gasteiger partial charge in [0, 0.05) is 35.5 Å². The molecule has 0 unspecified atom stereocenters. The minimum atomic E-state index is 0.287. The second-order valence-corrected chi connectivity index (χ2v) is 6.83. The number of fused-ring (bicyclic) bond motifs is 1. The maximum absolute atomic E-state index is 5.98. The second-order valence-electron chi connectivity index (χ2n) is 5.46. The third-order valence-corrected chi connectivity index (χ3v) is 5.17. The van der Waals surface area contributed by atoms with Crippen molar-refractivity contribution in [1.29, 1.82) is 0 Å². The highest BCUT2D eigenvalue weighted by atomic mass is 32.1. The van der Waals surface area contributed by atoms with Crippen molar-refractivity contribution in [2.75, 3.05) is 19.8 Å². The fraction of sp³-hybridized carbons (Fsp3) is 0.733. The summed E-state index contributed by atoms with van der Waals surface area (Å²) in [5.41, 5.74) is 0. The highest BCUT2D eigenvalue weighted by Crippen LogP contribution is 2.33. The molecule has 106 valence electrons. The predicted molar refractivity (Wildman–Crippen MR) is 77.6 cm³/mol. The monoisotopic (exact) mass is 281 g/mol. The molecule has 2 heterocycles. The molecule has 1 saturated heterocycles. The van der Waals surface area contributed by atoms with E-state index in [1.807, 2.05) is 11.3 Å². The van der Waals surface area contributed by atoms with E-state index in [0.29, 0.717) is 12.1 Å². The zero-order valence-corrected chi connectivity index (χ0v) is 12.6. The van der Waals surface area contributed by atoms with Crippen LogP contribution in [0.2, 0.25) is 0 Å². The lowest BCUT2D eigenvalue weighted by Gasteiger charge is -2.38. The van der Waals surface area contributed by atoms with Gasteiger partial charge in [0.05, 0.1) is 18.8 Å². The van der Waals surface area contributed by atoms with E-state index < -0.39 is 0 Å². The number of thiophene rings is 1. The van der Waals surface area contributed by atoms with Crippen LogP contribution in [0.5, 0.6) is 0 Å². The van der Waals surface area contributed by atoms with Gasteiger partial charge in [-0.25, -0.2) is 0 Å². The average molecular weight is 281 g/mol. The summed E-state index contributed by atoms with van der Waals surface area (Å²) in [7, 11) is 0. The third-order valence-electron chi connectivity index (χ3n) is 4.19. The Balaban J connectivity index is 1.66. The van der Waals surface area contributed by atoms with E-state index in [4.69, 9.17) is 9.47 Å². The van der Waals surface area contributed by atoms with Gasteiger partial charge in [-0.1, -0.05) is 0 Å². The molecular weight excluding hydrogens is 258 g/mol. The molecule has 1 saturated carbocycles. The van der Waals surface area contributed by atoms with Crippen molar-refractivity contribution < 1.29 is 9.47 Å². The quantitative estimate of drug-likeness (QED) is 0.847. The van der Waals surface area contributed by atoms with E-state index in [1.54, 1.807) is 0 Å². The highest BCUT2D eigenvalue weighted by molar-refractivity contribution is 7.11. The van der Waals surface area contributed by atoms with Crippen LogP contribution in [0.1, 0.15) is 29.5 Å². The van der Waals surface area contributed by atoms with Crippen molar-refractivity contribution >= 4 is 11.3 Å². The topological polar surface area (TPSA) is 21.7 Å². The molecule has 1 aromatic rings. The van der Waals surface area contributed by atoms with Gasteiger partial charge in [0.1, 0.15) is 0 Å². The van der Waals surface area contributed by atoms with Crippen LogP contribution >= 0.6 is 11.3 Å². The molecule has 19 heavy (non-hydrogen) atoms. The zero-order valence-electron chi connectivity index (χ0n) is 11.8. The Labute approximate surface area is 119 Å². The van der Waals surface area contributed by atoms with Crippen molar-refractivity contribution in [3.63, 3.8) is 0 Å². The molecule has 2 fully saturated rings. The molecule has 4 heteroatoms. The van der Waals surface area contributed by atoms with Crippen LogP contribution in [-0.2, 0) is 16.0 Å². The van der Waals surface area contributed by atoms with Gasteiger partial charge in [0.2, 0.25) is 0 Å². The summed E-state index contributed by atoms with van der Waals surface area (Å²) in [6.45, 7) is 8.01. The van der Waals surface area contributed by atoms with Crippen LogP contribution in [0.15, 0.2) is 12.1 Å². The predicted octanol–water partition coefficient (Wildman–Crippen LogP) is 2.82. The largest absolute Gasteiger partial charge is 0.376 e. The number of morpholine rings is 1. The van der Waals surface area contributed by atoms with Crippen LogP contribution in [0, 0.1) is 6.92 Å². The molecule has 1 aliphatic heterocycles. The molecule has 0 radical (unpaired) electrons. The lowest BCUT2D eigenvalue weighted by Crippen LogP contribution is -2.51. The number of hydrogen-bond acceptors (Lipinski definition) is 4. The van der Waals surface area contributed by atoms with Crippen LogP contribution in [-0.4, -0.2) is 42.9 Å². The van der Waals surface area contributed by atoms with Crippen LogP contribution < -0.4 is 0 Å². The van der Waals surface area contributed by atoms with Gasteiger partial charge in [-0.2, -0.15) is 0 Å². The average Bonchev–Trinajstić information content (AvgIpc) is 2.98. The van der Waals surface area contributed by atoms with Crippen molar-refractivity contribution in [3.05, 3.63) is 21.9 Å². The van der Waals surface area contributed by atoms with Gasteiger partial charge in [-0.05, 0) is 38.8 Å². The van der Waals surface area contributed by atoms with Gasteiger partial charge in [-0.15, -0.1) is 11.3 Å². The summed E-state index contributed by atoms with van der Waals surface area (Å²) in [6, 6.07) is 5.03. The summed E-state index contributed by atoms with van der Waals surface area (Å²) in [5, 5.41) is 0. The Kier molecular flexibility index (Phi) is 4.22. The fourth-order valence-corrected chi connectivity index (χ4v) is 4.27. The minimum absolute atomic E-state index is 0.287. The Hall–Kier alpha value is -0.420. The highest BCUT2D eigenvalue weighted by Gasteiger charge is 2.43. The van der Waals surface area contributed by atoms with E-state index in [-0.39, 0.29) is 6.10 Å². The molecule has 0 spiro atoms. The van der Waals surface area contributed by atoms with Crippen molar-refractivity contribution in [3.8, 4) is 0 Å². The molecular formula is C15H23NO2S. The van der Waals surface area contributed by atoms with E-state index in [1.165, 1.54) is 16.2 Å². The van der Waals surface area contributed by atoms with E-state index in [9.17, 15) is 0 Å². The van der Waals surface area contributed by atoms with Gasteiger partial charge in [0.25, 0.3) is 0 Å². The molecule has 1 aliphatic carbocycles. The van der Waals surface area contributed by atoms with Crippen LogP contribution in [0.25, 0.3) is 0 Å². The SMILES string of the molecule is CCO[C@@H]1CC[C@H]2[C@H]1OCCN2Cc1ccc(C)s1. The number of hydrogen-bond donors (Lipinski definition) is 0. The second kappa shape index (κ2) is 5.92. The lowest BCUT2D eigenvalue weighted by atomic mass is 10.1. The molecule has 3 nitrogen and oxygen atoms in total. The Bertz CT molecular complexity index is 420. The number of nitrogens with zero attached hydrogens (tertiary/aromatic N) is 1. The Morgan fingerprint density at radius 1 is 1.42 bits per heavy atom. The lowest BCUT2D eigenvalue weighted by molar-refractivity contribution is -0.113. The summed E-state index contributed by atoms with van der Waals surface area (Å²) >= 11 is 1.91. The fourth-order valence-electron chi connectivity index (χ4n) is 3.35. The normalized spacial score (nSPS) is 31.6. The van der Waals surface area contributed by atoms with Crippen LogP contribution in [0.4, 0.5) is 0 Å². The van der Waals surface area contributed by atoms with Gasteiger partial charge >= 0.3 is 0 Å². The Morgan fingerprint density at radius 3 is 3.05 bits per heavy atom. The molecule has 0 N–H and O–H groups in total. The molecule has 0 bridgehead atoms. The zero-order chi connectivity index (χ0) is 13.2. The molecule has 1 aromatic heterocycles. The molecule has 3 atom stereocenters. The van der Waals surface area contributed by atoms with E-state index >= 15 is 0 Å². The number of ether oxygens (including phenoxy) is 2. The molecule has 3 rings (SSSR count). The van der Waals surface area contributed by atoms with Gasteiger partial charge in [0.15, 0.2) is 0 Å². The van der Waals surface area contributed by atoms with Gasteiger partial charge in [-0.3, -0.25) is 4.90 Å². The summed E-state index contributed by atoms with van der Waals surface area (Å²) in [5.74, 6) is 0. The molecule has 0 amide bonds. The third kappa shape index (κ3) is 2.87. The molecule has 2 aliphatic rings. The smallest absolute Gasteiger partial charge is 0.0992 e. The number of aryl methyl sites for hydroxylation is 1. The van der Waals surface area contributed by atoms with Crippen molar-refractivity contribution in [2.24, 2.45) is 0 Å². The van der Waals surface area contributed by atoms with Crippen molar-refractivity contribution in [2.45, 2.75) is 51.5 Å². The van der Waals surface area contributed by atoms with E-state index in [2.05, 4.69) is 30.9 Å². The summed E-state index contributed by atoms with van der Waals surface area (Å²) in [4.78, 5) is 5.47. The summed E-state index contributed by atoms with van der Waals surface area (Å²) in [6.07, 6.45) is 2.95.